The minimum Gasteiger partial charge on any atom is -0.441 e. The van der Waals surface area contributed by atoms with Crippen LogP contribution in [0.1, 0.15) is 18.4 Å². The maximum absolute atomic E-state index is 11.0. The van der Waals surface area contributed by atoms with Gasteiger partial charge in [0.25, 0.3) is 0 Å². The van der Waals surface area contributed by atoms with E-state index in [0.717, 1.165) is 0 Å². The van der Waals surface area contributed by atoms with Crippen LogP contribution < -0.4 is 11.1 Å². The van der Waals surface area contributed by atoms with Gasteiger partial charge < -0.3 is 18.9 Å². The Hall–Kier alpha value is -2.05. The summed E-state index contributed by atoms with van der Waals surface area (Å²) in [5.41, 5.74) is 0. The Morgan fingerprint density at radius 3 is 2.56 bits per heavy atom. The topological polar surface area (TPSA) is 98.8 Å². The van der Waals surface area contributed by atoms with Crippen LogP contribution in [0, 0.1) is 6.92 Å². The van der Waals surface area contributed by atoms with Crippen molar-refractivity contribution in [2.45, 2.75) is 20.5 Å². The van der Waals surface area contributed by atoms with E-state index in [0.29, 0.717) is 0 Å². The number of hydrogen-bond donors (Lipinski definition) is 1. The number of hydrogen-bond acceptors (Lipinski definition) is 6. The third-order valence-electron chi connectivity index (χ3n) is 1.65. The van der Waals surface area contributed by atoms with Crippen molar-refractivity contribution in [2.24, 2.45) is 0 Å². The molecule has 1 aromatic heterocycles. The van der Waals surface area contributed by atoms with Gasteiger partial charge in [-0.1, -0.05) is 0 Å². The summed E-state index contributed by atoms with van der Waals surface area (Å²) in [6.07, 6.45) is -0.765. The molecule has 1 heterocycles. The number of aryl methyl sites for hydroxylation is 1. The summed E-state index contributed by atoms with van der Waals surface area (Å²) < 4.78 is 13.8. The summed E-state index contributed by atoms with van der Waals surface area (Å²) in [6.45, 7) is 2.52. The Bertz CT molecular complexity index is 443. The highest BCUT2D eigenvalue weighted by Crippen LogP contribution is 2.05. The number of ether oxygens (including phenoxy) is 1. The van der Waals surface area contributed by atoms with Gasteiger partial charge >= 0.3 is 11.9 Å². The molecule has 0 atom stereocenters. The molecule has 1 N–H and O–H groups in total. The number of carbonyl (C=O) groups is 2. The van der Waals surface area contributed by atoms with Crippen molar-refractivity contribution in [3.05, 3.63) is 22.1 Å². The quantitative estimate of drug-likeness (QED) is 0.800. The molecule has 1 rings (SSSR count). The van der Waals surface area contributed by atoms with Crippen molar-refractivity contribution in [3.63, 3.8) is 0 Å². The molecule has 0 aromatic carbocycles. The van der Waals surface area contributed by atoms with Crippen LogP contribution in [-0.4, -0.2) is 18.4 Å². The smallest absolute Gasteiger partial charge is 0.441 e. The fourth-order valence-corrected chi connectivity index (χ4v) is 0.885. The predicted molar refractivity (Wildman–Crippen MR) is 50.8 cm³/mol. The second kappa shape index (κ2) is 5.15. The number of rotatable bonds is 4. The fraction of sp³-hybridized carbons (Fsp3) is 0.444. The summed E-state index contributed by atoms with van der Waals surface area (Å²) in [7, 11) is 0. The Labute approximate surface area is 90.4 Å². The van der Waals surface area contributed by atoms with Gasteiger partial charge in [0.2, 0.25) is 0 Å². The van der Waals surface area contributed by atoms with E-state index >= 15 is 0 Å². The minimum absolute atomic E-state index is 0.104. The van der Waals surface area contributed by atoms with Crippen LogP contribution in [0.4, 0.5) is 4.79 Å². The lowest BCUT2D eigenvalue weighted by molar-refractivity contribution is -0.116. The van der Waals surface area contributed by atoms with Gasteiger partial charge in [-0.2, -0.15) is 0 Å². The van der Waals surface area contributed by atoms with Crippen LogP contribution in [0.5, 0.6) is 0 Å². The van der Waals surface area contributed by atoms with E-state index in [1.165, 1.54) is 13.8 Å². The molecule has 0 saturated heterocycles. The zero-order chi connectivity index (χ0) is 12.1. The summed E-state index contributed by atoms with van der Waals surface area (Å²) >= 11 is 0. The second-order valence-corrected chi connectivity index (χ2v) is 3.07. The van der Waals surface area contributed by atoms with Crippen molar-refractivity contribution in [1.82, 2.24) is 5.32 Å². The number of nitrogens with one attached hydrogen (secondary N) is 1. The lowest BCUT2D eigenvalue weighted by Gasteiger charge is -2.03. The van der Waals surface area contributed by atoms with E-state index in [1.54, 1.807) is 0 Å². The largest absolute Gasteiger partial charge is 0.519 e. The molecule has 0 saturated carbocycles. The van der Waals surface area contributed by atoms with Crippen LogP contribution in [0.15, 0.2) is 13.6 Å². The molecule has 0 radical (unpaired) electrons. The molecular weight excluding hydrogens is 218 g/mol. The molecule has 0 aliphatic heterocycles. The third kappa shape index (κ3) is 3.60. The number of alkyl carbamates (subject to hydrolysis) is 1. The first-order valence-electron chi connectivity index (χ1n) is 4.48. The second-order valence-electron chi connectivity index (χ2n) is 3.07. The van der Waals surface area contributed by atoms with Gasteiger partial charge in [-0.15, -0.1) is 0 Å². The zero-order valence-corrected chi connectivity index (χ0v) is 8.86. The van der Waals surface area contributed by atoms with Gasteiger partial charge in [0.15, 0.2) is 18.1 Å². The van der Waals surface area contributed by atoms with E-state index in [9.17, 15) is 14.4 Å². The van der Waals surface area contributed by atoms with Crippen LogP contribution in [0.3, 0.4) is 0 Å². The highest BCUT2D eigenvalue weighted by Gasteiger charge is 2.11. The van der Waals surface area contributed by atoms with Crippen LogP contribution in [-0.2, 0) is 16.1 Å². The summed E-state index contributed by atoms with van der Waals surface area (Å²) in [5, 5.41) is 2.22. The van der Waals surface area contributed by atoms with Crippen molar-refractivity contribution in [3.8, 4) is 0 Å². The molecule has 0 bridgehead atoms. The van der Waals surface area contributed by atoms with Crippen molar-refractivity contribution >= 4 is 11.9 Å². The Kier molecular flexibility index (Phi) is 3.87. The Morgan fingerprint density at radius 1 is 1.38 bits per heavy atom. The molecule has 0 aliphatic carbocycles. The zero-order valence-electron chi connectivity index (χ0n) is 8.86. The highest BCUT2D eigenvalue weighted by atomic mass is 16.6. The van der Waals surface area contributed by atoms with E-state index < -0.39 is 11.9 Å². The molecule has 1 aromatic rings. The van der Waals surface area contributed by atoms with Crippen molar-refractivity contribution < 1.29 is 23.2 Å². The van der Waals surface area contributed by atoms with Gasteiger partial charge in [0.1, 0.15) is 5.78 Å². The van der Waals surface area contributed by atoms with Gasteiger partial charge in [-0.25, -0.2) is 9.59 Å². The van der Waals surface area contributed by atoms with Crippen LogP contribution >= 0.6 is 0 Å². The first-order valence-corrected chi connectivity index (χ1v) is 4.48. The standard InChI is InChI=1S/C9H11NO6/c1-5(11)3-10-8(12)14-4-7-6(2)15-9(13)16-7/h3-4H2,1-2H3,(H,10,12). The molecule has 7 heteroatoms. The van der Waals surface area contributed by atoms with Crippen molar-refractivity contribution in [1.29, 1.82) is 0 Å². The number of carbonyl (C=O) groups excluding carboxylic acids is 2. The molecule has 16 heavy (non-hydrogen) atoms. The third-order valence-corrected chi connectivity index (χ3v) is 1.65. The molecule has 1 amide bonds. The van der Waals surface area contributed by atoms with Gasteiger partial charge in [0, 0.05) is 0 Å². The van der Waals surface area contributed by atoms with E-state index in [1.807, 2.05) is 0 Å². The Balaban J connectivity index is 2.40. The van der Waals surface area contributed by atoms with Crippen molar-refractivity contribution in [2.75, 3.05) is 6.54 Å². The number of Topliss-reactive ketones (excluding diaryl/α,β-unsaturated/α-hetero) is 1. The van der Waals surface area contributed by atoms with E-state index in [4.69, 9.17) is 0 Å². The first kappa shape index (κ1) is 12.0. The van der Waals surface area contributed by atoms with Gasteiger partial charge in [-0.3, -0.25) is 4.79 Å². The maximum atomic E-state index is 11.0. The molecule has 7 nitrogen and oxygen atoms in total. The minimum atomic E-state index is -0.847. The predicted octanol–water partition coefficient (Wildman–Crippen LogP) is 0.356. The molecule has 0 fully saturated rings. The lowest BCUT2D eigenvalue weighted by atomic mass is 10.4. The van der Waals surface area contributed by atoms with E-state index in [-0.39, 0.29) is 30.5 Å². The number of amides is 1. The van der Waals surface area contributed by atoms with E-state index in [2.05, 4.69) is 18.9 Å². The highest BCUT2D eigenvalue weighted by molar-refractivity contribution is 5.81. The summed E-state index contributed by atoms with van der Waals surface area (Å²) in [5.74, 6) is -0.643. The molecule has 0 unspecified atom stereocenters. The average Bonchev–Trinajstić information content (AvgIpc) is 2.51. The molecular formula is C9H11NO6. The SMILES string of the molecule is CC(=O)CNC(=O)OCc1oc(=O)oc1C. The summed E-state index contributed by atoms with van der Waals surface area (Å²) in [4.78, 5) is 32.2. The molecule has 0 aliphatic rings. The maximum Gasteiger partial charge on any atom is 0.519 e. The molecule has 88 valence electrons. The normalized spacial score (nSPS) is 9.88. The number of ketones is 1. The fourth-order valence-electron chi connectivity index (χ4n) is 0.885. The molecule has 0 spiro atoms. The van der Waals surface area contributed by atoms with Crippen LogP contribution in [0.25, 0.3) is 0 Å². The van der Waals surface area contributed by atoms with Gasteiger partial charge in [0.05, 0.1) is 6.54 Å². The Morgan fingerprint density at radius 2 is 2.06 bits per heavy atom. The van der Waals surface area contributed by atoms with Crippen LogP contribution in [0.2, 0.25) is 0 Å². The average molecular weight is 229 g/mol. The monoisotopic (exact) mass is 229 g/mol. The first-order chi connectivity index (χ1) is 7.49. The lowest BCUT2D eigenvalue weighted by Crippen LogP contribution is -2.28. The van der Waals surface area contributed by atoms with Gasteiger partial charge in [-0.05, 0) is 13.8 Å². The summed E-state index contributed by atoms with van der Waals surface area (Å²) in [6, 6.07) is 0.